The van der Waals surface area contributed by atoms with Crippen LogP contribution in [0.2, 0.25) is 0 Å². The Labute approximate surface area is 212 Å². The van der Waals surface area contributed by atoms with Crippen LogP contribution in [0.5, 0.6) is 11.5 Å². The lowest BCUT2D eigenvalue weighted by atomic mass is 9.85. The normalized spacial score (nSPS) is 12.3. The molecule has 0 aliphatic carbocycles. The highest BCUT2D eigenvalue weighted by atomic mass is 16.5. The zero-order valence-corrected chi connectivity index (χ0v) is 23.6. The smallest absolute Gasteiger partial charge is 0.131 e. The number of rotatable bonds is 8. The SMILES string of the molecule is C#CCCCC1COc2cc(OC)cc(C=C)c2C1=C=C.C=CC.CC.CC.CCCCCC. The van der Waals surface area contributed by atoms with Gasteiger partial charge in [0.1, 0.15) is 11.5 Å². The Kier molecular flexibility index (Phi) is 28.2. The van der Waals surface area contributed by atoms with Crippen molar-refractivity contribution in [2.45, 2.75) is 93.4 Å². The maximum absolute atomic E-state index is 5.92. The molecule has 2 rings (SSSR count). The van der Waals surface area contributed by atoms with Gasteiger partial charge in [0.05, 0.1) is 13.7 Å². The van der Waals surface area contributed by atoms with Crippen LogP contribution >= 0.6 is 0 Å². The van der Waals surface area contributed by atoms with Crippen LogP contribution in [0.3, 0.4) is 0 Å². The van der Waals surface area contributed by atoms with Gasteiger partial charge < -0.3 is 9.47 Å². The second kappa shape index (κ2) is 26.6. The quantitative estimate of drug-likeness (QED) is 0.163. The molecule has 0 aromatic heterocycles. The number of hydrogen-bond acceptors (Lipinski definition) is 2. The molecule has 0 saturated carbocycles. The Morgan fingerprint density at radius 2 is 1.65 bits per heavy atom. The second-order valence-corrected chi connectivity index (χ2v) is 7.10. The van der Waals surface area contributed by atoms with Crippen LogP contribution in [0.1, 0.15) is 105 Å². The fourth-order valence-electron chi connectivity index (χ4n) is 3.18. The molecule has 0 fully saturated rings. The van der Waals surface area contributed by atoms with Crippen LogP contribution in [-0.2, 0) is 0 Å². The van der Waals surface area contributed by atoms with E-state index in [2.05, 4.69) is 45.2 Å². The molecular formula is C32H52O2. The van der Waals surface area contributed by atoms with Crippen molar-refractivity contribution < 1.29 is 9.47 Å². The standard InChI is InChI=1S/C19H20O2.C6H14.C3H6.2C2H6/c1-5-8-9-10-15-13-21-18-12-16(20-4)11-14(6-2)19(18)17(15)7-3;1-3-5-6-4-2;1-3-2;2*1-2/h1,6,11-12,15H,2-3,8-10,13H2,4H3;3-6H2,1-2H3;3H,1H2,2H3;2*1-2H3. The number of hydrogen-bond donors (Lipinski definition) is 0. The van der Waals surface area contributed by atoms with Gasteiger partial charge in [-0.25, -0.2) is 0 Å². The average Bonchev–Trinajstić information content (AvgIpc) is 2.89. The van der Waals surface area contributed by atoms with E-state index >= 15 is 0 Å². The Morgan fingerprint density at radius 3 is 2.06 bits per heavy atom. The summed E-state index contributed by atoms with van der Waals surface area (Å²) in [5.74, 6) is 4.52. The minimum absolute atomic E-state index is 0.274. The van der Waals surface area contributed by atoms with Crippen LogP contribution in [0.4, 0.5) is 0 Å². The molecule has 1 aliphatic rings. The summed E-state index contributed by atoms with van der Waals surface area (Å²) in [6.45, 7) is 26.1. The zero-order valence-electron chi connectivity index (χ0n) is 23.6. The highest BCUT2D eigenvalue weighted by Gasteiger charge is 2.27. The van der Waals surface area contributed by atoms with E-state index < -0.39 is 0 Å². The largest absolute Gasteiger partial charge is 0.497 e. The van der Waals surface area contributed by atoms with Crippen molar-refractivity contribution >= 4 is 11.6 Å². The third-order valence-electron chi connectivity index (χ3n) is 4.70. The van der Waals surface area contributed by atoms with Gasteiger partial charge in [-0.3, -0.25) is 0 Å². The van der Waals surface area contributed by atoms with Gasteiger partial charge in [-0.1, -0.05) is 92.5 Å². The maximum atomic E-state index is 5.92. The molecule has 0 amide bonds. The highest BCUT2D eigenvalue weighted by Crippen LogP contribution is 2.42. The van der Waals surface area contributed by atoms with Gasteiger partial charge in [0.15, 0.2) is 0 Å². The van der Waals surface area contributed by atoms with Gasteiger partial charge in [0, 0.05) is 29.5 Å². The predicted molar refractivity (Wildman–Crippen MR) is 156 cm³/mol. The summed E-state index contributed by atoms with van der Waals surface area (Å²) in [6.07, 6.45) is 17.2. The number of allylic oxidation sites excluding steroid dienone is 1. The average molecular weight is 469 g/mol. The van der Waals surface area contributed by atoms with Crippen LogP contribution in [0.15, 0.2) is 43.7 Å². The molecule has 1 atom stereocenters. The van der Waals surface area contributed by atoms with E-state index in [0.717, 1.165) is 47.5 Å². The monoisotopic (exact) mass is 468 g/mol. The van der Waals surface area contributed by atoms with E-state index in [9.17, 15) is 0 Å². The Bertz CT molecular complexity index is 726. The molecule has 1 aromatic rings. The lowest BCUT2D eigenvalue weighted by molar-refractivity contribution is 0.257. The number of unbranched alkanes of at least 4 members (excludes halogenated alkanes) is 4. The maximum Gasteiger partial charge on any atom is 0.131 e. The first-order valence-corrected chi connectivity index (χ1v) is 13.0. The molecule has 2 nitrogen and oxygen atoms in total. The summed E-state index contributed by atoms with van der Waals surface area (Å²) < 4.78 is 11.2. The van der Waals surface area contributed by atoms with Gasteiger partial charge in [-0.15, -0.1) is 24.7 Å². The van der Waals surface area contributed by atoms with E-state index in [1.54, 1.807) is 13.2 Å². The number of fused-ring (bicyclic) bond motifs is 1. The molecule has 1 unspecified atom stereocenters. The Morgan fingerprint density at radius 1 is 1.09 bits per heavy atom. The first-order valence-electron chi connectivity index (χ1n) is 13.0. The van der Waals surface area contributed by atoms with Gasteiger partial charge >= 0.3 is 0 Å². The molecule has 0 bridgehead atoms. The molecule has 1 heterocycles. The minimum Gasteiger partial charge on any atom is -0.497 e. The summed E-state index contributed by atoms with van der Waals surface area (Å²) >= 11 is 0. The third-order valence-corrected chi connectivity index (χ3v) is 4.70. The fraction of sp³-hybridized carbons (Fsp3) is 0.531. The van der Waals surface area contributed by atoms with E-state index in [4.69, 9.17) is 15.9 Å². The van der Waals surface area contributed by atoms with Crippen molar-refractivity contribution in [2.24, 2.45) is 5.92 Å². The number of methoxy groups -OCH3 is 1. The van der Waals surface area contributed by atoms with E-state index in [0.29, 0.717) is 6.61 Å². The summed E-state index contributed by atoms with van der Waals surface area (Å²) in [5, 5.41) is 0. The lowest BCUT2D eigenvalue weighted by Gasteiger charge is -2.28. The van der Waals surface area contributed by atoms with Crippen LogP contribution in [-0.4, -0.2) is 13.7 Å². The summed E-state index contributed by atoms with van der Waals surface area (Å²) in [5.41, 5.74) is 6.19. The number of benzene rings is 1. The van der Waals surface area contributed by atoms with E-state index in [1.807, 2.05) is 52.8 Å². The van der Waals surface area contributed by atoms with Crippen molar-refractivity contribution in [2.75, 3.05) is 13.7 Å². The molecule has 0 N–H and O–H groups in total. The van der Waals surface area contributed by atoms with Gasteiger partial charge in [0.25, 0.3) is 0 Å². The summed E-state index contributed by atoms with van der Waals surface area (Å²) in [7, 11) is 1.64. The van der Waals surface area contributed by atoms with E-state index in [-0.39, 0.29) is 5.92 Å². The topological polar surface area (TPSA) is 18.5 Å². The molecule has 1 aliphatic heterocycles. The van der Waals surface area contributed by atoms with Crippen molar-refractivity contribution in [1.82, 2.24) is 0 Å². The predicted octanol–water partition coefficient (Wildman–Crippen LogP) is 10.1. The number of ether oxygens (including phenoxy) is 2. The molecular weight excluding hydrogens is 416 g/mol. The molecule has 1 aromatic carbocycles. The van der Waals surface area contributed by atoms with Crippen molar-refractivity contribution in [3.63, 3.8) is 0 Å². The molecule has 0 saturated heterocycles. The molecule has 0 radical (unpaired) electrons. The first-order chi connectivity index (χ1) is 16.6. The molecule has 192 valence electrons. The third kappa shape index (κ3) is 14.5. The number of terminal acetylenes is 1. The Balaban J connectivity index is -0.000000619. The second-order valence-electron chi connectivity index (χ2n) is 7.10. The fourth-order valence-corrected chi connectivity index (χ4v) is 3.18. The van der Waals surface area contributed by atoms with Crippen LogP contribution in [0.25, 0.3) is 11.6 Å². The summed E-state index contributed by atoms with van der Waals surface area (Å²) in [4.78, 5) is 0. The van der Waals surface area contributed by atoms with E-state index in [1.165, 1.54) is 25.7 Å². The molecule has 2 heteroatoms. The minimum atomic E-state index is 0.274. The molecule has 34 heavy (non-hydrogen) atoms. The van der Waals surface area contributed by atoms with Crippen LogP contribution < -0.4 is 9.47 Å². The van der Waals surface area contributed by atoms with Crippen LogP contribution in [0, 0.1) is 18.3 Å². The van der Waals surface area contributed by atoms with Gasteiger partial charge in [-0.05, 0) is 31.4 Å². The van der Waals surface area contributed by atoms with Crippen molar-refractivity contribution in [1.29, 1.82) is 0 Å². The van der Waals surface area contributed by atoms with Crippen molar-refractivity contribution in [3.05, 3.63) is 54.8 Å². The lowest BCUT2D eigenvalue weighted by Crippen LogP contribution is -2.20. The Hall–Kier alpha value is -2.62. The van der Waals surface area contributed by atoms with Gasteiger partial charge in [-0.2, -0.15) is 0 Å². The van der Waals surface area contributed by atoms with Gasteiger partial charge in [0.2, 0.25) is 0 Å². The van der Waals surface area contributed by atoms with Crippen molar-refractivity contribution in [3.8, 4) is 23.8 Å². The summed E-state index contributed by atoms with van der Waals surface area (Å²) in [6, 6.07) is 3.85. The first kappa shape index (κ1) is 36.0. The highest BCUT2D eigenvalue weighted by molar-refractivity contribution is 5.81. The zero-order chi connectivity index (χ0) is 26.8. The molecule has 0 spiro atoms.